The molecule has 1 rings (SSSR count). The zero-order valence-corrected chi connectivity index (χ0v) is 7.53. The summed E-state index contributed by atoms with van der Waals surface area (Å²) < 4.78 is 4.93. The highest BCUT2D eigenvalue weighted by atomic mass is 16.5. The third-order valence-electron chi connectivity index (χ3n) is 1.89. The van der Waals surface area contributed by atoms with E-state index in [4.69, 9.17) is 16.2 Å². The Morgan fingerprint density at radius 3 is 2.77 bits per heavy atom. The SMILES string of the molecule is COc1cc(C(N)CN)ccc1O. The number of aromatic hydroxyl groups is 1. The highest BCUT2D eigenvalue weighted by molar-refractivity contribution is 5.42. The van der Waals surface area contributed by atoms with Crippen molar-refractivity contribution in [2.24, 2.45) is 11.5 Å². The topological polar surface area (TPSA) is 81.5 Å². The molecule has 72 valence electrons. The van der Waals surface area contributed by atoms with Gasteiger partial charge in [-0.15, -0.1) is 0 Å². The molecule has 0 spiro atoms. The van der Waals surface area contributed by atoms with Crippen molar-refractivity contribution >= 4 is 0 Å². The van der Waals surface area contributed by atoms with Crippen LogP contribution in [0.15, 0.2) is 18.2 Å². The molecule has 1 unspecified atom stereocenters. The maximum absolute atomic E-state index is 9.29. The van der Waals surface area contributed by atoms with Crippen LogP contribution in [0.2, 0.25) is 0 Å². The zero-order valence-electron chi connectivity index (χ0n) is 7.53. The monoisotopic (exact) mass is 182 g/mol. The minimum Gasteiger partial charge on any atom is -0.504 e. The number of benzene rings is 1. The summed E-state index contributed by atoms with van der Waals surface area (Å²) in [5.41, 5.74) is 12.0. The van der Waals surface area contributed by atoms with Crippen LogP contribution in [0.3, 0.4) is 0 Å². The number of methoxy groups -OCH3 is 1. The highest BCUT2D eigenvalue weighted by Gasteiger charge is 2.07. The lowest BCUT2D eigenvalue weighted by atomic mass is 10.1. The van der Waals surface area contributed by atoms with Gasteiger partial charge < -0.3 is 21.3 Å². The van der Waals surface area contributed by atoms with E-state index in [1.54, 1.807) is 18.2 Å². The van der Waals surface area contributed by atoms with Crippen LogP contribution >= 0.6 is 0 Å². The van der Waals surface area contributed by atoms with E-state index in [0.29, 0.717) is 12.3 Å². The molecule has 0 heterocycles. The van der Waals surface area contributed by atoms with E-state index in [1.807, 2.05) is 0 Å². The summed E-state index contributed by atoms with van der Waals surface area (Å²) in [6.07, 6.45) is 0. The molecule has 0 aliphatic heterocycles. The Balaban J connectivity index is 2.99. The van der Waals surface area contributed by atoms with Crippen molar-refractivity contribution < 1.29 is 9.84 Å². The van der Waals surface area contributed by atoms with E-state index in [9.17, 15) is 5.11 Å². The highest BCUT2D eigenvalue weighted by Crippen LogP contribution is 2.27. The molecular weight excluding hydrogens is 168 g/mol. The lowest BCUT2D eigenvalue weighted by Gasteiger charge is -2.11. The molecule has 4 nitrogen and oxygen atoms in total. The fourth-order valence-corrected chi connectivity index (χ4v) is 1.06. The van der Waals surface area contributed by atoms with E-state index in [1.165, 1.54) is 7.11 Å². The summed E-state index contributed by atoms with van der Waals surface area (Å²) in [5, 5.41) is 9.29. The second-order valence-corrected chi connectivity index (χ2v) is 2.77. The number of rotatable bonds is 3. The Bertz CT molecular complexity index is 289. The normalized spacial score (nSPS) is 12.5. The fraction of sp³-hybridized carbons (Fsp3) is 0.333. The van der Waals surface area contributed by atoms with Gasteiger partial charge in [-0.25, -0.2) is 0 Å². The third-order valence-corrected chi connectivity index (χ3v) is 1.89. The zero-order chi connectivity index (χ0) is 9.84. The van der Waals surface area contributed by atoms with Gasteiger partial charge in [-0.05, 0) is 17.7 Å². The summed E-state index contributed by atoms with van der Waals surface area (Å²) >= 11 is 0. The largest absolute Gasteiger partial charge is 0.504 e. The molecule has 0 aliphatic carbocycles. The lowest BCUT2D eigenvalue weighted by Crippen LogP contribution is -2.20. The van der Waals surface area contributed by atoms with Gasteiger partial charge in [0.25, 0.3) is 0 Å². The number of ether oxygens (including phenoxy) is 1. The van der Waals surface area contributed by atoms with Crippen LogP contribution < -0.4 is 16.2 Å². The number of hydrogen-bond donors (Lipinski definition) is 3. The van der Waals surface area contributed by atoms with Crippen molar-refractivity contribution in [3.05, 3.63) is 23.8 Å². The van der Waals surface area contributed by atoms with Crippen molar-refractivity contribution in [1.82, 2.24) is 0 Å². The van der Waals surface area contributed by atoms with Gasteiger partial charge in [0.05, 0.1) is 7.11 Å². The molecule has 0 aliphatic rings. The third kappa shape index (κ3) is 2.11. The first-order chi connectivity index (χ1) is 6.19. The van der Waals surface area contributed by atoms with Crippen molar-refractivity contribution in [3.8, 4) is 11.5 Å². The second-order valence-electron chi connectivity index (χ2n) is 2.77. The van der Waals surface area contributed by atoms with Gasteiger partial charge >= 0.3 is 0 Å². The molecule has 0 bridgehead atoms. The molecule has 0 saturated carbocycles. The maximum atomic E-state index is 9.29. The molecule has 0 fully saturated rings. The average Bonchev–Trinajstić information content (AvgIpc) is 2.17. The van der Waals surface area contributed by atoms with E-state index < -0.39 is 0 Å². The van der Waals surface area contributed by atoms with Gasteiger partial charge in [0.1, 0.15) is 0 Å². The van der Waals surface area contributed by atoms with Gasteiger partial charge in [0.2, 0.25) is 0 Å². The van der Waals surface area contributed by atoms with Gasteiger partial charge in [-0.3, -0.25) is 0 Å². The summed E-state index contributed by atoms with van der Waals surface area (Å²) in [6, 6.07) is 4.75. The summed E-state index contributed by atoms with van der Waals surface area (Å²) in [7, 11) is 1.49. The van der Waals surface area contributed by atoms with Gasteiger partial charge in [-0.2, -0.15) is 0 Å². The molecule has 5 N–H and O–H groups in total. The van der Waals surface area contributed by atoms with E-state index in [0.717, 1.165) is 5.56 Å². The molecule has 4 heteroatoms. The number of phenolic OH excluding ortho intramolecular Hbond substituents is 1. The molecule has 1 aromatic rings. The minimum atomic E-state index is -0.213. The van der Waals surface area contributed by atoms with Gasteiger partial charge in [0, 0.05) is 12.6 Å². The van der Waals surface area contributed by atoms with Crippen LogP contribution in [0.4, 0.5) is 0 Å². The van der Waals surface area contributed by atoms with Crippen LogP contribution in [-0.2, 0) is 0 Å². The Labute approximate surface area is 77.1 Å². The number of phenols is 1. The minimum absolute atomic E-state index is 0.107. The Kier molecular flexibility index (Phi) is 3.11. The van der Waals surface area contributed by atoms with Crippen LogP contribution in [0.1, 0.15) is 11.6 Å². The standard InChI is InChI=1S/C9H14N2O2/c1-13-9-4-6(7(11)5-10)2-3-8(9)12/h2-4,7,12H,5,10-11H2,1H3. The molecular formula is C9H14N2O2. The van der Waals surface area contributed by atoms with Crippen molar-refractivity contribution in [1.29, 1.82) is 0 Å². The average molecular weight is 182 g/mol. The molecule has 0 aromatic heterocycles. The smallest absolute Gasteiger partial charge is 0.160 e. The first-order valence-corrected chi connectivity index (χ1v) is 4.01. The first kappa shape index (κ1) is 9.83. The summed E-state index contributed by atoms with van der Waals surface area (Å²) in [6.45, 7) is 0.369. The van der Waals surface area contributed by atoms with Crippen molar-refractivity contribution in [2.75, 3.05) is 13.7 Å². The van der Waals surface area contributed by atoms with E-state index in [2.05, 4.69) is 0 Å². The van der Waals surface area contributed by atoms with Gasteiger partial charge in [0.15, 0.2) is 11.5 Å². The predicted octanol–water partition coefficient (Wildman–Crippen LogP) is 0.359. The summed E-state index contributed by atoms with van der Waals surface area (Å²) in [4.78, 5) is 0. The molecule has 0 saturated heterocycles. The predicted molar refractivity (Wildman–Crippen MR) is 50.6 cm³/mol. The second kappa shape index (κ2) is 4.11. The van der Waals surface area contributed by atoms with Crippen LogP contribution in [0.5, 0.6) is 11.5 Å². The van der Waals surface area contributed by atoms with Crippen LogP contribution in [0.25, 0.3) is 0 Å². The first-order valence-electron chi connectivity index (χ1n) is 4.01. The van der Waals surface area contributed by atoms with Crippen molar-refractivity contribution in [2.45, 2.75) is 6.04 Å². The number of nitrogens with two attached hydrogens (primary N) is 2. The molecule has 13 heavy (non-hydrogen) atoms. The number of hydrogen-bond acceptors (Lipinski definition) is 4. The Hall–Kier alpha value is -1.26. The Morgan fingerprint density at radius 1 is 1.54 bits per heavy atom. The summed E-state index contributed by atoms with van der Waals surface area (Å²) in [5.74, 6) is 0.525. The molecule has 1 atom stereocenters. The van der Waals surface area contributed by atoms with E-state index >= 15 is 0 Å². The quantitative estimate of drug-likeness (QED) is 0.630. The van der Waals surface area contributed by atoms with Crippen LogP contribution in [0, 0.1) is 0 Å². The molecule has 0 amide bonds. The lowest BCUT2D eigenvalue weighted by molar-refractivity contribution is 0.372. The fourth-order valence-electron chi connectivity index (χ4n) is 1.06. The van der Waals surface area contributed by atoms with Crippen LogP contribution in [-0.4, -0.2) is 18.8 Å². The molecule has 1 aromatic carbocycles. The van der Waals surface area contributed by atoms with E-state index in [-0.39, 0.29) is 11.8 Å². The maximum Gasteiger partial charge on any atom is 0.160 e. The van der Waals surface area contributed by atoms with Crippen molar-refractivity contribution in [3.63, 3.8) is 0 Å². The van der Waals surface area contributed by atoms with Gasteiger partial charge in [-0.1, -0.05) is 6.07 Å². The molecule has 0 radical (unpaired) electrons. The Morgan fingerprint density at radius 2 is 2.23 bits per heavy atom.